The van der Waals surface area contributed by atoms with Gasteiger partial charge in [-0.1, -0.05) is 60.7 Å². The first-order chi connectivity index (χ1) is 11.5. The van der Waals surface area contributed by atoms with Gasteiger partial charge in [0.2, 0.25) is 0 Å². The zero-order valence-electron chi connectivity index (χ0n) is 14.1. The van der Waals surface area contributed by atoms with Gasteiger partial charge in [-0.3, -0.25) is 4.79 Å². The minimum absolute atomic E-state index is 0.0245. The Labute approximate surface area is 142 Å². The lowest BCUT2D eigenvalue weighted by Gasteiger charge is -2.10. The monoisotopic (exact) mass is 320 g/mol. The molecule has 0 aromatic heterocycles. The molecule has 0 saturated carbocycles. The van der Waals surface area contributed by atoms with Gasteiger partial charge in [0.05, 0.1) is 7.11 Å². The van der Waals surface area contributed by atoms with Crippen LogP contribution >= 0.6 is 0 Å². The molecule has 0 aliphatic heterocycles. The number of ketones is 1. The van der Waals surface area contributed by atoms with E-state index in [1.54, 1.807) is 13.0 Å². The predicted molar refractivity (Wildman–Crippen MR) is 96.2 cm³/mol. The van der Waals surface area contributed by atoms with Gasteiger partial charge in [-0.2, -0.15) is 0 Å². The second kappa shape index (κ2) is 8.06. The van der Waals surface area contributed by atoms with Crippen LogP contribution in [0.2, 0.25) is 0 Å². The van der Waals surface area contributed by atoms with Gasteiger partial charge in [-0.05, 0) is 36.6 Å². The normalized spacial score (nSPS) is 12.4. The smallest absolute Gasteiger partial charge is 0.341 e. The number of methoxy groups -OCH3 is 1. The molecule has 0 aliphatic carbocycles. The fourth-order valence-corrected chi connectivity index (χ4v) is 2.32. The van der Waals surface area contributed by atoms with Gasteiger partial charge in [-0.25, -0.2) is 4.79 Å². The molecule has 0 bridgehead atoms. The number of rotatable bonds is 5. The first-order valence-corrected chi connectivity index (χ1v) is 7.67. The molecule has 3 nitrogen and oxygen atoms in total. The summed E-state index contributed by atoms with van der Waals surface area (Å²) in [7, 11) is 1.28. The molecular weight excluding hydrogens is 300 g/mol. The molecule has 0 aliphatic rings. The number of carbonyl (C=O) groups is 2. The van der Waals surface area contributed by atoms with Crippen LogP contribution in [-0.4, -0.2) is 18.9 Å². The van der Waals surface area contributed by atoms with Crippen molar-refractivity contribution >= 4 is 23.4 Å². The van der Waals surface area contributed by atoms with Crippen LogP contribution in [-0.2, 0) is 14.3 Å². The first-order valence-electron chi connectivity index (χ1n) is 7.67. The summed E-state index contributed by atoms with van der Waals surface area (Å²) < 4.78 is 4.79. The van der Waals surface area contributed by atoms with Crippen molar-refractivity contribution in [2.24, 2.45) is 0 Å². The Morgan fingerprint density at radius 2 is 1.42 bits per heavy atom. The molecule has 0 amide bonds. The number of benzene rings is 2. The molecule has 2 rings (SSSR count). The standard InChI is InChI=1S/C21H20O3/c1-15(18-12-8-5-9-13-18)16(2)20(22)19(21(23)24-3)14-17-10-6-4-7-11-17/h4-14H,1-3H3/b16-15-,19-14-. The molecule has 0 unspecified atom stereocenters. The van der Waals surface area contributed by atoms with Crippen LogP contribution in [0.15, 0.2) is 71.8 Å². The van der Waals surface area contributed by atoms with Crippen molar-refractivity contribution in [3.8, 4) is 0 Å². The summed E-state index contributed by atoms with van der Waals surface area (Å²) in [6, 6.07) is 18.9. The Balaban J connectivity index is 2.45. The molecule has 0 radical (unpaired) electrons. The van der Waals surface area contributed by atoms with Gasteiger partial charge in [0, 0.05) is 5.57 Å². The number of ether oxygens (including phenoxy) is 1. The first kappa shape index (κ1) is 17.4. The number of carbonyl (C=O) groups excluding carboxylic acids is 2. The average Bonchev–Trinajstić information content (AvgIpc) is 2.65. The van der Waals surface area contributed by atoms with Crippen LogP contribution in [0.25, 0.3) is 11.6 Å². The Hall–Kier alpha value is -2.94. The van der Waals surface area contributed by atoms with E-state index in [0.717, 1.165) is 16.7 Å². The Morgan fingerprint density at radius 1 is 0.875 bits per heavy atom. The van der Waals surface area contributed by atoms with Gasteiger partial charge >= 0.3 is 5.97 Å². The molecule has 3 heteroatoms. The Kier molecular flexibility index (Phi) is 5.85. The van der Waals surface area contributed by atoms with E-state index < -0.39 is 5.97 Å². The molecule has 0 N–H and O–H groups in total. The maximum atomic E-state index is 12.8. The summed E-state index contributed by atoms with van der Waals surface area (Å²) in [6.45, 7) is 3.60. The third-order valence-corrected chi connectivity index (χ3v) is 3.87. The lowest BCUT2D eigenvalue weighted by molar-refractivity contribution is -0.137. The van der Waals surface area contributed by atoms with Gasteiger partial charge in [0.15, 0.2) is 5.78 Å². The van der Waals surface area contributed by atoms with E-state index in [9.17, 15) is 9.59 Å². The second-order valence-electron chi connectivity index (χ2n) is 5.41. The van der Waals surface area contributed by atoms with E-state index >= 15 is 0 Å². The van der Waals surface area contributed by atoms with E-state index in [-0.39, 0.29) is 11.4 Å². The van der Waals surface area contributed by atoms with E-state index in [2.05, 4.69) is 0 Å². The van der Waals surface area contributed by atoms with E-state index in [0.29, 0.717) is 5.57 Å². The van der Waals surface area contributed by atoms with Crippen molar-refractivity contribution in [3.05, 3.63) is 82.9 Å². The van der Waals surface area contributed by atoms with Crippen molar-refractivity contribution in [1.82, 2.24) is 0 Å². The van der Waals surface area contributed by atoms with Crippen molar-refractivity contribution in [3.63, 3.8) is 0 Å². The maximum Gasteiger partial charge on any atom is 0.341 e. The molecule has 0 saturated heterocycles. The summed E-state index contributed by atoms with van der Waals surface area (Å²) in [5.41, 5.74) is 3.11. The largest absolute Gasteiger partial charge is 0.465 e. The third kappa shape index (κ3) is 4.07. The molecule has 24 heavy (non-hydrogen) atoms. The molecule has 0 fully saturated rings. The highest BCUT2D eigenvalue weighted by atomic mass is 16.5. The van der Waals surface area contributed by atoms with Crippen molar-refractivity contribution < 1.29 is 14.3 Å². The fourth-order valence-electron chi connectivity index (χ4n) is 2.32. The highest BCUT2D eigenvalue weighted by Gasteiger charge is 2.22. The van der Waals surface area contributed by atoms with Crippen LogP contribution in [0.4, 0.5) is 0 Å². The van der Waals surface area contributed by atoms with Crippen LogP contribution in [0, 0.1) is 0 Å². The van der Waals surface area contributed by atoms with Crippen LogP contribution in [0.5, 0.6) is 0 Å². The predicted octanol–water partition coefficient (Wildman–Crippen LogP) is 4.31. The topological polar surface area (TPSA) is 43.4 Å². The summed E-state index contributed by atoms with van der Waals surface area (Å²) in [5, 5.41) is 0. The van der Waals surface area contributed by atoms with Gasteiger partial charge in [-0.15, -0.1) is 0 Å². The number of hydrogen-bond donors (Lipinski definition) is 0. The minimum atomic E-state index is -0.635. The number of allylic oxidation sites excluding steroid dienone is 2. The summed E-state index contributed by atoms with van der Waals surface area (Å²) in [6.07, 6.45) is 1.57. The Morgan fingerprint density at radius 3 is 1.96 bits per heavy atom. The second-order valence-corrected chi connectivity index (χ2v) is 5.41. The lowest BCUT2D eigenvalue weighted by atomic mass is 9.95. The molecule has 2 aromatic carbocycles. The van der Waals surface area contributed by atoms with Gasteiger partial charge in [0.1, 0.15) is 5.57 Å². The van der Waals surface area contributed by atoms with Gasteiger partial charge in [0.25, 0.3) is 0 Å². The SMILES string of the molecule is COC(=O)/C(=C\c1ccccc1)C(=O)/C(C)=C(/C)c1ccccc1. The fraction of sp³-hybridized carbons (Fsp3) is 0.143. The number of Topliss-reactive ketones (excluding diaryl/α,β-unsaturated/α-hetero) is 1. The van der Waals surface area contributed by atoms with Crippen molar-refractivity contribution in [1.29, 1.82) is 0 Å². The molecule has 0 heterocycles. The molecule has 0 atom stereocenters. The maximum absolute atomic E-state index is 12.8. The summed E-state index contributed by atoms with van der Waals surface area (Å²) in [4.78, 5) is 24.9. The lowest BCUT2D eigenvalue weighted by Crippen LogP contribution is -2.16. The highest BCUT2D eigenvalue weighted by Crippen LogP contribution is 2.22. The highest BCUT2D eigenvalue weighted by molar-refractivity contribution is 6.28. The van der Waals surface area contributed by atoms with Crippen molar-refractivity contribution in [2.45, 2.75) is 13.8 Å². The molecule has 2 aromatic rings. The number of esters is 1. The third-order valence-electron chi connectivity index (χ3n) is 3.87. The van der Waals surface area contributed by atoms with Crippen LogP contribution < -0.4 is 0 Å². The van der Waals surface area contributed by atoms with Crippen LogP contribution in [0.3, 0.4) is 0 Å². The van der Waals surface area contributed by atoms with E-state index in [1.807, 2.05) is 67.6 Å². The average molecular weight is 320 g/mol. The summed E-state index contributed by atoms with van der Waals surface area (Å²) >= 11 is 0. The zero-order chi connectivity index (χ0) is 17.5. The quantitative estimate of drug-likeness (QED) is 0.357. The van der Waals surface area contributed by atoms with Crippen LogP contribution in [0.1, 0.15) is 25.0 Å². The van der Waals surface area contributed by atoms with Crippen molar-refractivity contribution in [2.75, 3.05) is 7.11 Å². The molecule has 0 spiro atoms. The van der Waals surface area contributed by atoms with Gasteiger partial charge < -0.3 is 4.74 Å². The Bertz CT molecular complexity index is 784. The van der Waals surface area contributed by atoms with E-state index in [4.69, 9.17) is 4.74 Å². The minimum Gasteiger partial charge on any atom is -0.465 e. The molecular formula is C21H20O3. The number of hydrogen-bond acceptors (Lipinski definition) is 3. The molecule has 122 valence electrons. The zero-order valence-corrected chi connectivity index (χ0v) is 14.1. The summed E-state index contributed by atoms with van der Waals surface area (Å²) in [5.74, 6) is -0.962. The van der Waals surface area contributed by atoms with E-state index in [1.165, 1.54) is 7.11 Å².